The highest BCUT2D eigenvalue weighted by molar-refractivity contribution is 6.33. The van der Waals surface area contributed by atoms with Gasteiger partial charge in [-0.1, -0.05) is 41.9 Å². The van der Waals surface area contributed by atoms with Crippen molar-refractivity contribution in [2.75, 3.05) is 11.1 Å². The number of carbonyl (C=O) groups excluding carboxylic acids is 1. The lowest BCUT2D eigenvalue weighted by Gasteiger charge is -2.07. The molecular weight excluding hydrogens is 286 g/mol. The predicted molar refractivity (Wildman–Crippen MR) is 85.6 cm³/mol. The van der Waals surface area contributed by atoms with E-state index in [4.69, 9.17) is 17.3 Å². The van der Waals surface area contributed by atoms with Gasteiger partial charge in [-0.2, -0.15) is 0 Å². The Hall–Kier alpha value is -2.59. The number of halogens is 1. The Morgan fingerprint density at radius 2 is 1.86 bits per heavy atom. The van der Waals surface area contributed by atoms with E-state index in [0.29, 0.717) is 11.3 Å². The lowest BCUT2D eigenvalue weighted by molar-refractivity contribution is 0.102. The van der Waals surface area contributed by atoms with Gasteiger partial charge in [0.2, 0.25) is 0 Å². The molecule has 0 unspecified atom stereocenters. The molecule has 0 saturated carbocycles. The van der Waals surface area contributed by atoms with Gasteiger partial charge in [-0.15, -0.1) is 0 Å². The van der Waals surface area contributed by atoms with Gasteiger partial charge in [0.15, 0.2) is 0 Å². The Morgan fingerprint density at radius 3 is 2.62 bits per heavy atom. The standard InChI is InChI=1S/C16H12ClN3O/c17-14-8-12(9-19-15(14)18)16(21)20-13-6-5-10-3-1-2-4-11(10)7-13/h1-9H,(H2,18,19)(H,20,21). The zero-order chi connectivity index (χ0) is 14.8. The number of hydrogen-bond acceptors (Lipinski definition) is 3. The number of carbonyl (C=O) groups is 1. The minimum Gasteiger partial charge on any atom is -0.382 e. The molecule has 1 heterocycles. The van der Waals surface area contributed by atoms with E-state index in [1.807, 2.05) is 42.5 Å². The summed E-state index contributed by atoms with van der Waals surface area (Å²) in [4.78, 5) is 16.0. The van der Waals surface area contributed by atoms with Gasteiger partial charge in [0.05, 0.1) is 10.6 Å². The van der Waals surface area contributed by atoms with Crippen LogP contribution in [0.5, 0.6) is 0 Å². The molecule has 3 rings (SSSR count). The molecule has 0 aliphatic carbocycles. The average molecular weight is 298 g/mol. The molecule has 3 aromatic rings. The molecule has 0 aliphatic heterocycles. The monoisotopic (exact) mass is 297 g/mol. The molecule has 0 aliphatic rings. The summed E-state index contributed by atoms with van der Waals surface area (Å²) in [5, 5.41) is 5.26. The van der Waals surface area contributed by atoms with Crippen molar-refractivity contribution in [2.45, 2.75) is 0 Å². The van der Waals surface area contributed by atoms with Crippen LogP contribution in [0.3, 0.4) is 0 Å². The van der Waals surface area contributed by atoms with Crippen molar-refractivity contribution < 1.29 is 4.79 Å². The molecule has 5 heteroatoms. The van der Waals surface area contributed by atoms with Crippen molar-refractivity contribution in [3.8, 4) is 0 Å². The number of hydrogen-bond donors (Lipinski definition) is 2. The number of nitrogens with two attached hydrogens (primary N) is 1. The van der Waals surface area contributed by atoms with Crippen molar-refractivity contribution in [1.82, 2.24) is 4.98 Å². The minimum atomic E-state index is -0.278. The quantitative estimate of drug-likeness (QED) is 0.757. The van der Waals surface area contributed by atoms with Gasteiger partial charge >= 0.3 is 0 Å². The van der Waals surface area contributed by atoms with Crippen LogP contribution in [0, 0.1) is 0 Å². The average Bonchev–Trinajstić information content (AvgIpc) is 2.50. The van der Waals surface area contributed by atoms with Gasteiger partial charge in [-0.3, -0.25) is 4.79 Å². The van der Waals surface area contributed by atoms with Crippen LogP contribution in [0.4, 0.5) is 11.5 Å². The molecule has 1 aromatic heterocycles. The first-order valence-electron chi connectivity index (χ1n) is 6.34. The number of anilines is 2. The van der Waals surface area contributed by atoms with Gasteiger partial charge < -0.3 is 11.1 Å². The van der Waals surface area contributed by atoms with Crippen molar-refractivity contribution in [2.24, 2.45) is 0 Å². The third kappa shape index (κ3) is 2.80. The number of amides is 1. The number of benzene rings is 2. The van der Waals surface area contributed by atoms with Gasteiger partial charge in [0.25, 0.3) is 5.91 Å². The first-order valence-corrected chi connectivity index (χ1v) is 6.72. The summed E-state index contributed by atoms with van der Waals surface area (Å²) >= 11 is 5.87. The number of nitrogen functional groups attached to an aromatic ring is 1. The van der Waals surface area contributed by atoms with E-state index in [1.165, 1.54) is 12.3 Å². The molecule has 0 fully saturated rings. The van der Waals surface area contributed by atoms with Gasteiger partial charge in [0.1, 0.15) is 5.82 Å². The van der Waals surface area contributed by atoms with Crippen molar-refractivity contribution >= 4 is 39.8 Å². The molecule has 2 aromatic carbocycles. The molecule has 4 nitrogen and oxygen atoms in total. The predicted octanol–water partition coefficient (Wildman–Crippen LogP) is 3.72. The van der Waals surface area contributed by atoms with Crippen molar-refractivity contribution in [3.05, 3.63) is 65.3 Å². The number of pyridine rings is 1. The highest BCUT2D eigenvalue weighted by Crippen LogP contribution is 2.21. The SMILES string of the molecule is Nc1ncc(C(=O)Nc2ccc3ccccc3c2)cc1Cl. The van der Waals surface area contributed by atoms with Gasteiger partial charge in [0, 0.05) is 11.9 Å². The number of nitrogens with one attached hydrogen (secondary N) is 1. The minimum absolute atomic E-state index is 0.207. The van der Waals surface area contributed by atoms with Crippen LogP contribution in [-0.2, 0) is 0 Å². The van der Waals surface area contributed by atoms with Crippen LogP contribution in [-0.4, -0.2) is 10.9 Å². The molecule has 21 heavy (non-hydrogen) atoms. The Bertz CT molecular complexity index is 833. The van der Waals surface area contributed by atoms with Crippen LogP contribution in [0.25, 0.3) is 10.8 Å². The molecule has 0 atom stereocenters. The second-order valence-electron chi connectivity index (χ2n) is 4.61. The Balaban J connectivity index is 1.87. The summed E-state index contributed by atoms with van der Waals surface area (Å²) in [5.41, 5.74) is 6.61. The van der Waals surface area contributed by atoms with Crippen molar-refractivity contribution in [3.63, 3.8) is 0 Å². The Labute approximate surface area is 126 Å². The maximum Gasteiger partial charge on any atom is 0.257 e. The van der Waals surface area contributed by atoms with Crippen LogP contribution < -0.4 is 11.1 Å². The topological polar surface area (TPSA) is 68.0 Å². The molecule has 3 N–H and O–H groups in total. The van der Waals surface area contributed by atoms with E-state index in [2.05, 4.69) is 10.3 Å². The Kier molecular flexibility index (Phi) is 3.46. The van der Waals surface area contributed by atoms with Crippen molar-refractivity contribution in [1.29, 1.82) is 0 Å². The summed E-state index contributed by atoms with van der Waals surface area (Å²) in [7, 11) is 0. The summed E-state index contributed by atoms with van der Waals surface area (Å²) in [6.07, 6.45) is 1.40. The molecule has 0 saturated heterocycles. The first-order chi connectivity index (χ1) is 10.1. The summed E-state index contributed by atoms with van der Waals surface area (Å²) in [6.45, 7) is 0. The number of aromatic nitrogens is 1. The molecule has 0 radical (unpaired) electrons. The molecular formula is C16H12ClN3O. The summed E-state index contributed by atoms with van der Waals surface area (Å²) in [5.74, 6) is -0.0707. The maximum absolute atomic E-state index is 12.2. The number of rotatable bonds is 2. The second kappa shape index (κ2) is 5.42. The smallest absolute Gasteiger partial charge is 0.257 e. The number of fused-ring (bicyclic) bond motifs is 1. The van der Waals surface area contributed by atoms with E-state index < -0.39 is 0 Å². The van der Waals surface area contributed by atoms with Crippen LogP contribution in [0.2, 0.25) is 5.02 Å². The maximum atomic E-state index is 12.2. The third-order valence-corrected chi connectivity index (χ3v) is 3.44. The van der Waals surface area contributed by atoms with E-state index in [1.54, 1.807) is 0 Å². The summed E-state index contributed by atoms with van der Waals surface area (Å²) in [6, 6.07) is 15.2. The fraction of sp³-hybridized carbons (Fsp3) is 0. The van der Waals surface area contributed by atoms with E-state index in [9.17, 15) is 4.79 Å². The zero-order valence-corrected chi connectivity index (χ0v) is 11.8. The first kappa shape index (κ1) is 13.4. The summed E-state index contributed by atoms with van der Waals surface area (Å²) < 4.78 is 0. The van der Waals surface area contributed by atoms with Gasteiger partial charge in [-0.05, 0) is 29.0 Å². The lowest BCUT2D eigenvalue weighted by Crippen LogP contribution is -2.12. The fourth-order valence-electron chi connectivity index (χ4n) is 2.04. The van der Waals surface area contributed by atoms with Gasteiger partial charge in [-0.25, -0.2) is 4.98 Å². The molecule has 0 bridgehead atoms. The molecule has 1 amide bonds. The molecule has 0 spiro atoms. The highest BCUT2D eigenvalue weighted by atomic mass is 35.5. The Morgan fingerprint density at radius 1 is 1.10 bits per heavy atom. The zero-order valence-electron chi connectivity index (χ0n) is 11.0. The number of nitrogens with zero attached hydrogens (tertiary/aromatic N) is 1. The van der Waals surface area contributed by atoms with E-state index in [-0.39, 0.29) is 16.7 Å². The van der Waals surface area contributed by atoms with E-state index in [0.717, 1.165) is 10.8 Å². The van der Waals surface area contributed by atoms with Crippen LogP contribution in [0.15, 0.2) is 54.7 Å². The lowest BCUT2D eigenvalue weighted by atomic mass is 10.1. The highest BCUT2D eigenvalue weighted by Gasteiger charge is 2.09. The van der Waals surface area contributed by atoms with Crippen LogP contribution >= 0.6 is 11.6 Å². The second-order valence-corrected chi connectivity index (χ2v) is 5.01. The largest absolute Gasteiger partial charge is 0.382 e. The normalized spacial score (nSPS) is 10.5. The third-order valence-electron chi connectivity index (χ3n) is 3.14. The van der Waals surface area contributed by atoms with Crippen LogP contribution in [0.1, 0.15) is 10.4 Å². The molecule has 104 valence electrons. The fourth-order valence-corrected chi connectivity index (χ4v) is 2.21. The van der Waals surface area contributed by atoms with E-state index >= 15 is 0 Å².